The summed E-state index contributed by atoms with van der Waals surface area (Å²) in [5.74, 6) is -0.222. The van der Waals surface area contributed by atoms with Gasteiger partial charge in [0.15, 0.2) is 0 Å². The number of aryl methyl sites for hydroxylation is 1. The van der Waals surface area contributed by atoms with Gasteiger partial charge in [-0.15, -0.1) is 0 Å². The third kappa shape index (κ3) is 8.72. The molecule has 164 valence electrons. The summed E-state index contributed by atoms with van der Waals surface area (Å²) in [6.45, 7) is 2.15. The smallest absolute Gasteiger partial charge is 0.323 e. The number of ether oxygens (including phenoxy) is 1. The number of rotatable bonds is 7. The molecule has 0 heterocycles. The summed E-state index contributed by atoms with van der Waals surface area (Å²) in [4.78, 5) is 12.0. The van der Waals surface area contributed by atoms with Crippen LogP contribution in [0.25, 0.3) is 0 Å². The quantitative estimate of drug-likeness (QED) is 0.428. The van der Waals surface area contributed by atoms with E-state index in [0.29, 0.717) is 13.0 Å². The molecule has 0 aliphatic rings. The Bertz CT molecular complexity index is 1040. The van der Waals surface area contributed by atoms with Gasteiger partial charge in [-0.25, -0.2) is 0 Å². The van der Waals surface area contributed by atoms with E-state index >= 15 is 0 Å². The van der Waals surface area contributed by atoms with E-state index < -0.39 is 10.1 Å². The molecule has 31 heavy (non-hydrogen) atoms. The van der Waals surface area contributed by atoms with Crippen LogP contribution in [0.5, 0.6) is 0 Å². The minimum absolute atomic E-state index is 0.0666. The van der Waals surface area contributed by atoms with Gasteiger partial charge in [0.2, 0.25) is 0 Å². The second-order valence-electron chi connectivity index (χ2n) is 6.91. The number of carbonyl (C=O) groups excluding carboxylic acids is 1. The van der Waals surface area contributed by atoms with Crippen LogP contribution in [0.2, 0.25) is 0 Å². The van der Waals surface area contributed by atoms with Crippen molar-refractivity contribution in [3.8, 4) is 0 Å². The summed E-state index contributed by atoms with van der Waals surface area (Å²) in [6, 6.07) is 25.3. The molecule has 3 aromatic rings. The highest BCUT2D eigenvalue weighted by Gasteiger charge is 2.18. The molecule has 0 bridgehead atoms. The van der Waals surface area contributed by atoms with E-state index in [2.05, 4.69) is 5.32 Å². The highest BCUT2D eigenvalue weighted by molar-refractivity contribution is 7.85. The average Bonchev–Trinajstić information content (AvgIpc) is 2.77. The van der Waals surface area contributed by atoms with E-state index in [9.17, 15) is 13.2 Å². The number of nitrogens with one attached hydrogen (secondary N) is 1. The van der Waals surface area contributed by atoms with Gasteiger partial charge in [0.05, 0.1) is 4.90 Å². The van der Waals surface area contributed by atoms with Crippen molar-refractivity contribution in [2.75, 3.05) is 7.05 Å². The van der Waals surface area contributed by atoms with Gasteiger partial charge >= 0.3 is 5.97 Å². The lowest BCUT2D eigenvalue weighted by Crippen LogP contribution is -2.37. The van der Waals surface area contributed by atoms with E-state index in [1.807, 2.05) is 67.6 Å². The van der Waals surface area contributed by atoms with Crippen LogP contribution in [0, 0.1) is 6.92 Å². The molecule has 0 amide bonds. The number of likely N-dealkylation sites (N-methyl/N-ethyl adjacent to an activating group) is 1. The fraction of sp³-hybridized carbons (Fsp3) is 0.208. The Morgan fingerprint density at radius 2 is 1.42 bits per heavy atom. The Labute approximate surface area is 183 Å². The number of benzene rings is 3. The number of hydrogen-bond donors (Lipinski definition) is 2. The molecule has 7 heteroatoms. The molecular formula is C24H27NO5S. The summed E-state index contributed by atoms with van der Waals surface area (Å²) in [5, 5.41) is 3.01. The molecule has 0 aromatic heterocycles. The summed E-state index contributed by atoms with van der Waals surface area (Å²) >= 11 is 0. The standard InChI is InChI=1S/C17H19NO2.C7H8O3S/c1-18-16(12-14-8-4-2-5-9-14)17(19)20-13-15-10-6-3-7-11-15;1-6-2-4-7(5-3-6)11(8,9)10/h2-11,16,18H,12-13H2,1H3;2-5H,1H3,(H,8,9,10)/t16-;/m1./s1. The fourth-order valence-electron chi connectivity index (χ4n) is 2.69. The molecule has 0 saturated carbocycles. The summed E-state index contributed by atoms with van der Waals surface area (Å²) < 4.78 is 34.9. The second kappa shape index (κ2) is 12.0. The van der Waals surface area contributed by atoms with Crippen molar-refractivity contribution in [3.63, 3.8) is 0 Å². The predicted octanol–water partition coefficient (Wildman–Crippen LogP) is 3.80. The van der Waals surface area contributed by atoms with Crippen LogP contribution < -0.4 is 5.32 Å². The van der Waals surface area contributed by atoms with Gasteiger partial charge in [0, 0.05) is 0 Å². The molecule has 3 rings (SSSR count). The predicted molar refractivity (Wildman–Crippen MR) is 120 cm³/mol. The largest absolute Gasteiger partial charge is 0.460 e. The topological polar surface area (TPSA) is 92.7 Å². The zero-order chi connectivity index (χ0) is 22.7. The maximum Gasteiger partial charge on any atom is 0.323 e. The molecule has 6 nitrogen and oxygen atoms in total. The minimum Gasteiger partial charge on any atom is -0.460 e. The zero-order valence-corrected chi connectivity index (χ0v) is 18.4. The molecule has 0 unspecified atom stereocenters. The Hall–Kier alpha value is -3.00. The van der Waals surface area contributed by atoms with Crippen LogP contribution in [0.4, 0.5) is 0 Å². The van der Waals surface area contributed by atoms with Crippen molar-refractivity contribution in [1.29, 1.82) is 0 Å². The number of carbonyl (C=O) groups is 1. The molecule has 0 aliphatic heterocycles. The van der Waals surface area contributed by atoms with Gasteiger partial charge in [0.25, 0.3) is 10.1 Å². The van der Waals surface area contributed by atoms with Crippen molar-refractivity contribution >= 4 is 16.1 Å². The Kier molecular flexibility index (Phi) is 9.40. The van der Waals surface area contributed by atoms with Crippen molar-refractivity contribution in [3.05, 3.63) is 102 Å². The van der Waals surface area contributed by atoms with E-state index in [0.717, 1.165) is 16.7 Å². The zero-order valence-electron chi connectivity index (χ0n) is 17.6. The van der Waals surface area contributed by atoms with Crippen molar-refractivity contribution < 1.29 is 22.5 Å². The second-order valence-corrected chi connectivity index (χ2v) is 8.33. The normalized spacial score (nSPS) is 11.7. The van der Waals surface area contributed by atoms with E-state index in [4.69, 9.17) is 9.29 Å². The third-order valence-electron chi connectivity index (χ3n) is 4.46. The van der Waals surface area contributed by atoms with Gasteiger partial charge in [0.1, 0.15) is 12.6 Å². The first-order valence-electron chi connectivity index (χ1n) is 9.75. The van der Waals surface area contributed by atoms with E-state index in [1.165, 1.54) is 12.1 Å². The lowest BCUT2D eigenvalue weighted by atomic mass is 10.1. The monoisotopic (exact) mass is 441 g/mol. The summed E-state index contributed by atoms with van der Waals surface area (Å²) in [5.41, 5.74) is 3.07. The van der Waals surface area contributed by atoms with Crippen LogP contribution in [-0.4, -0.2) is 32.0 Å². The summed E-state index contributed by atoms with van der Waals surface area (Å²) in [6.07, 6.45) is 0.630. The van der Waals surface area contributed by atoms with E-state index in [-0.39, 0.29) is 16.9 Å². The summed E-state index contributed by atoms with van der Waals surface area (Å²) in [7, 11) is -2.24. The van der Waals surface area contributed by atoms with Crippen molar-refractivity contribution in [2.24, 2.45) is 0 Å². The van der Waals surface area contributed by atoms with Crippen LogP contribution in [-0.2, 0) is 32.7 Å². The highest BCUT2D eigenvalue weighted by Crippen LogP contribution is 2.09. The first-order chi connectivity index (χ1) is 14.8. The molecule has 0 aliphatic carbocycles. The van der Waals surface area contributed by atoms with Crippen LogP contribution in [0.15, 0.2) is 89.8 Å². The van der Waals surface area contributed by atoms with Gasteiger partial charge in [-0.05, 0) is 43.7 Å². The van der Waals surface area contributed by atoms with Gasteiger partial charge < -0.3 is 10.1 Å². The van der Waals surface area contributed by atoms with Crippen LogP contribution >= 0.6 is 0 Å². The van der Waals surface area contributed by atoms with Crippen molar-refractivity contribution in [2.45, 2.75) is 30.9 Å². The minimum atomic E-state index is -4.02. The Morgan fingerprint density at radius 1 is 0.903 bits per heavy atom. The third-order valence-corrected chi connectivity index (χ3v) is 5.33. The maximum absolute atomic E-state index is 12.1. The van der Waals surface area contributed by atoms with Crippen LogP contribution in [0.1, 0.15) is 16.7 Å². The molecule has 0 fully saturated rings. The highest BCUT2D eigenvalue weighted by atomic mass is 32.2. The maximum atomic E-state index is 12.1. The fourth-order valence-corrected chi connectivity index (χ4v) is 3.17. The lowest BCUT2D eigenvalue weighted by Gasteiger charge is -2.15. The molecule has 1 atom stereocenters. The first-order valence-corrected chi connectivity index (χ1v) is 11.2. The molecular weight excluding hydrogens is 414 g/mol. The van der Waals surface area contributed by atoms with Gasteiger partial charge in [-0.2, -0.15) is 8.42 Å². The van der Waals surface area contributed by atoms with Gasteiger partial charge in [-0.3, -0.25) is 9.35 Å². The molecule has 0 radical (unpaired) electrons. The number of hydrogen-bond acceptors (Lipinski definition) is 5. The molecule has 2 N–H and O–H groups in total. The molecule has 0 saturated heterocycles. The average molecular weight is 442 g/mol. The lowest BCUT2D eigenvalue weighted by molar-refractivity contribution is -0.147. The molecule has 3 aromatic carbocycles. The Morgan fingerprint density at radius 3 is 1.90 bits per heavy atom. The SMILES string of the molecule is CN[C@H](Cc1ccccc1)C(=O)OCc1ccccc1.Cc1ccc(S(=O)(=O)O)cc1. The van der Waals surface area contributed by atoms with Gasteiger partial charge in [-0.1, -0.05) is 78.4 Å². The van der Waals surface area contributed by atoms with Crippen LogP contribution in [0.3, 0.4) is 0 Å². The first kappa shape index (κ1) is 24.3. The Balaban J connectivity index is 0.000000262. The van der Waals surface area contributed by atoms with Crippen molar-refractivity contribution in [1.82, 2.24) is 5.32 Å². The molecule has 0 spiro atoms. The van der Waals surface area contributed by atoms with E-state index in [1.54, 1.807) is 19.2 Å². The number of esters is 1.